The first-order valence-corrected chi connectivity index (χ1v) is 7.16. The molecule has 2 aromatic carbocycles. The Labute approximate surface area is 138 Å². The average Bonchev–Trinajstić information content (AvgIpc) is 2.48. The Hall–Kier alpha value is -1.13. The Morgan fingerprint density at radius 2 is 1.71 bits per heavy atom. The van der Waals surface area contributed by atoms with Crippen molar-refractivity contribution in [3.05, 3.63) is 56.5 Å². The van der Waals surface area contributed by atoms with E-state index in [0.717, 1.165) is 0 Å². The molecular formula is C15H13Cl3O3. The van der Waals surface area contributed by atoms with Crippen LogP contribution >= 0.6 is 34.8 Å². The minimum Gasteiger partial charge on any atom is -0.493 e. The average molecular weight is 348 g/mol. The molecule has 2 rings (SSSR count). The minimum atomic E-state index is -0.978. The van der Waals surface area contributed by atoms with Crippen LogP contribution in [0.25, 0.3) is 0 Å². The molecule has 3 nitrogen and oxygen atoms in total. The molecule has 2 aromatic rings. The van der Waals surface area contributed by atoms with Gasteiger partial charge >= 0.3 is 0 Å². The van der Waals surface area contributed by atoms with E-state index < -0.39 is 6.10 Å². The van der Waals surface area contributed by atoms with E-state index in [9.17, 15) is 5.11 Å². The van der Waals surface area contributed by atoms with Crippen LogP contribution < -0.4 is 9.47 Å². The molecule has 0 spiro atoms. The highest BCUT2D eigenvalue weighted by molar-refractivity contribution is 6.42. The molecule has 0 aromatic heterocycles. The van der Waals surface area contributed by atoms with Crippen LogP contribution in [0.15, 0.2) is 30.3 Å². The molecular weight excluding hydrogens is 335 g/mol. The largest absolute Gasteiger partial charge is 0.493 e. The van der Waals surface area contributed by atoms with Crippen molar-refractivity contribution in [3.8, 4) is 11.5 Å². The lowest BCUT2D eigenvalue weighted by molar-refractivity contribution is 0.219. The maximum absolute atomic E-state index is 10.5. The van der Waals surface area contributed by atoms with Crippen LogP contribution in [0.4, 0.5) is 0 Å². The van der Waals surface area contributed by atoms with Gasteiger partial charge in [-0.2, -0.15) is 0 Å². The number of hydrogen-bond donors (Lipinski definition) is 1. The summed E-state index contributed by atoms with van der Waals surface area (Å²) in [4.78, 5) is 0. The maximum Gasteiger partial charge on any atom is 0.179 e. The van der Waals surface area contributed by atoms with Crippen LogP contribution in [0.3, 0.4) is 0 Å². The zero-order chi connectivity index (χ0) is 15.6. The molecule has 112 valence electrons. The Morgan fingerprint density at radius 3 is 2.33 bits per heavy atom. The van der Waals surface area contributed by atoms with Gasteiger partial charge in [0, 0.05) is 5.56 Å². The Bertz CT molecular complexity index is 659. The lowest BCUT2D eigenvalue weighted by atomic mass is 10.0. The van der Waals surface area contributed by atoms with Crippen LogP contribution in [0.2, 0.25) is 15.1 Å². The van der Waals surface area contributed by atoms with Crippen molar-refractivity contribution in [2.24, 2.45) is 0 Å². The fourth-order valence-corrected chi connectivity index (χ4v) is 2.71. The molecule has 0 heterocycles. The van der Waals surface area contributed by atoms with E-state index in [-0.39, 0.29) is 0 Å². The monoisotopic (exact) mass is 346 g/mol. The highest BCUT2D eigenvalue weighted by Gasteiger charge is 2.19. The summed E-state index contributed by atoms with van der Waals surface area (Å²) in [6.45, 7) is 0. The van der Waals surface area contributed by atoms with Crippen molar-refractivity contribution < 1.29 is 14.6 Å². The zero-order valence-corrected chi connectivity index (χ0v) is 13.6. The second kappa shape index (κ2) is 6.75. The van der Waals surface area contributed by atoms with E-state index in [1.54, 1.807) is 30.3 Å². The predicted molar refractivity (Wildman–Crippen MR) is 85.1 cm³/mol. The standard InChI is InChI=1S/C15H13Cl3O3/c1-20-12-7-8(6-11(17)15(12)21-2)14(19)9-4-3-5-10(16)13(9)18/h3-7,14,19H,1-2H3. The van der Waals surface area contributed by atoms with Crippen LogP contribution in [0.5, 0.6) is 11.5 Å². The van der Waals surface area contributed by atoms with Crippen molar-refractivity contribution >= 4 is 34.8 Å². The first-order chi connectivity index (χ1) is 9.99. The molecule has 0 aliphatic rings. The van der Waals surface area contributed by atoms with Crippen molar-refractivity contribution in [3.63, 3.8) is 0 Å². The number of ether oxygens (including phenoxy) is 2. The Kier molecular flexibility index (Phi) is 5.22. The first-order valence-electron chi connectivity index (χ1n) is 6.03. The van der Waals surface area contributed by atoms with Gasteiger partial charge in [0.15, 0.2) is 11.5 Å². The smallest absolute Gasteiger partial charge is 0.179 e. The van der Waals surface area contributed by atoms with Crippen LogP contribution in [0, 0.1) is 0 Å². The Balaban J connectivity index is 2.51. The number of aliphatic hydroxyl groups excluding tert-OH is 1. The molecule has 1 atom stereocenters. The SMILES string of the molecule is COc1cc(C(O)c2cccc(Cl)c2Cl)cc(Cl)c1OC. The van der Waals surface area contributed by atoms with Gasteiger partial charge in [0.1, 0.15) is 6.10 Å². The molecule has 0 aliphatic carbocycles. The van der Waals surface area contributed by atoms with E-state index in [4.69, 9.17) is 44.3 Å². The number of methoxy groups -OCH3 is 2. The minimum absolute atomic E-state index is 0.303. The molecule has 0 bridgehead atoms. The van der Waals surface area contributed by atoms with E-state index in [1.165, 1.54) is 14.2 Å². The van der Waals surface area contributed by atoms with Crippen molar-refractivity contribution in [1.82, 2.24) is 0 Å². The second-order valence-electron chi connectivity index (χ2n) is 4.28. The topological polar surface area (TPSA) is 38.7 Å². The third kappa shape index (κ3) is 3.22. The highest BCUT2D eigenvalue weighted by atomic mass is 35.5. The summed E-state index contributed by atoms with van der Waals surface area (Å²) in [5.74, 6) is 0.838. The molecule has 6 heteroatoms. The summed E-state index contributed by atoms with van der Waals surface area (Å²) < 4.78 is 10.4. The van der Waals surface area contributed by atoms with E-state index in [2.05, 4.69) is 0 Å². The van der Waals surface area contributed by atoms with Gasteiger partial charge in [-0.1, -0.05) is 46.9 Å². The lowest BCUT2D eigenvalue weighted by Gasteiger charge is -2.17. The van der Waals surface area contributed by atoms with Crippen molar-refractivity contribution in [2.45, 2.75) is 6.10 Å². The third-order valence-corrected chi connectivity index (χ3v) is 4.16. The van der Waals surface area contributed by atoms with Gasteiger partial charge < -0.3 is 14.6 Å². The van der Waals surface area contributed by atoms with Gasteiger partial charge in [-0.3, -0.25) is 0 Å². The summed E-state index contributed by atoms with van der Waals surface area (Å²) in [6, 6.07) is 8.32. The predicted octanol–water partition coefficient (Wildman–Crippen LogP) is 4.75. The van der Waals surface area contributed by atoms with Gasteiger partial charge in [-0.15, -0.1) is 0 Å². The van der Waals surface area contributed by atoms with Gasteiger partial charge in [0.25, 0.3) is 0 Å². The first kappa shape index (κ1) is 16.2. The third-order valence-electron chi connectivity index (χ3n) is 3.05. The number of halogens is 3. The highest BCUT2D eigenvalue weighted by Crippen LogP contribution is 2.40. The quantitative estimate of drug-likeness (QED) is 0.867. The maximum atomic E-state index is 10.5. The molecule has 21 heavy (non-hydrogen) atoms. The molecule has 0 saturated carbocycles. The van der Waals surface area contributed by atoms with Crippen LogP contribution in [-0.2, 0) is 0 Å². The normalized spacial score (nSPS) is 12.1. The van der Waals surface area contributed by atoms with E-state index in [1.807, 2.05) is 0 Å². The van der Waals surface area contributed by atoms with Crippen LogP contribution in [-0.4, -0.2) is 19.3 Å². The summed E-state index contributed by atoms with van der Waals surface area (Å²) in [7, 11) is 2.99. The molecule has 0 saturated heterocycles. The Morgan fingerprint density at radius 1 is 1.00 bits per heavy atom. The molecule has 1 N–H and O–H groups in total. The summed E-state index contributed by atoms with van der Waals surface area (Å²) >= 11 is 18.2. The fraction of sp³-hybridized carbons (Fsp3) is 0.200. The molecule has 0 aliphatic heterocycles. The van der Waals surface area contributed by atoms with E-state index >= 15 is 0 Å². The second-order valence-corrected chi connectivity index (χ2v) is 5.48. The van der Waals surface area contributed by atoms with E-state index in [0.29, 0.717) is 37.7 Å². The lowest BCUT2D eigenvalue weighted by Crippen LogP contribution is -2.02. The summed E-state index contributed by atoms with van der Waals surface area (Å²) in [6.07, 6.45) is -0.978. The van der Waals surface area contributed by atoms with Crippen molar-refractivity contribution in [2.75, 3.05) is 14.2 Å². The molecule has 0 fully saturated rings. The number of benzene rings is 2. The van der Waals surface area contributed by atoms with Gasteiger partial charge in [-0.25, -0.2) is 0 Å². The molecule has 0 amide bonds. The van der Waals surface area contributed by atoms with Crippen LogP contribution in [0.1, 0.15) is 17.2 Å². The number of hydrogen-bond acceptors (Lipinski definition) is 3. The van der Waals surface area contributed by atoms with Crippen molar-refractivity contribution in [1.29, 1.82) is 0 Å². The fourth-order valence-electron chi connectivity index (χ4n) is 2.01. The molecule has 1 unspecified atom stereocenters. The molecule has 0 radical (unpaired) electrons. The number of rotatable bonds is 4. The summed E-state index contributed by atoms with van der Waals surface area (Å²) in [5, 5.41) is 11.5. The van der Waals surface area contributed by atoms with Gasteiger partial charge in [-0.05, 0) is 23.8 Å². The number of aliphatic hydroxyl groups is 1. The zero-order valence-electron chi connectivity index (χ0n) is 11.4. The van der Waals surface area contributed by atoms with Gasteiger partial charge in [0.05, 0.1) is 29.3 Å². The summed E-state index contributed by atoms with van der Waals surface area (Å²) in [5.41, 5.74) is 1.02. The van der Waals surface area contributed by atoms with Gasteiger partial charge in [0.2, 0.25) is 0 Å².